The smallest absolute Gasteiger partial charge is 0.372 e. The van der Waals surface area contributed by atoms with Gasteiger partial charge in [0.1, 0.15) is 0 Å². The average Bonchev–Trinajstić information content (AvgIpc) is 2.81. The van der Waals surface area contributed by atoms with Crippen LogP contribution in [0.2, 0.25) is 0 Å². The lowest BCUT2D eigenvalue weighted by Crippen LogP contribution is -2.17. The van der Waals surface area contributed by atoms with Crippen LogP contribution in [-0.2, 0) is 9.59 Å². The van der Waals surface area contributed by atoms with Crippen molar-refractivity contribution >= 4 is 28.9 Å². The second-order valence-electron chi connectivity index (χ2n) is 4.77. The number of rotatable bonds is 5. The molecular weight excluding hydrogens is 288 g/mol. The molecule has 0 aliphatic rings. The zero-order valence-corrected chi connectivity index (χ0v) is 12.5. The van der Waals surface area contributed by atoms with Gasteiger partial charge in [-0.2, -0.15) is 0 Å². The van der Waals surface area contributed by atoms with Crippen molar-refractivity contribution in [1.29, 1.82) is 0 Å². The van der Waals surface area contributed by atoms with Crippen LogP contribution in [0.15, 0.2) is 30.3 Å². The zero-order valence-electron chi connectivity index (χ0n) is 11.7. The molecule has 1 aromatic heterocycles. The lowest BCUT2D eigenvalue weighted by Gasteiger charge is -1.97. The standard InChI is InChI=1S/C16H14O4S/c1-9-3-5-11(6-4-9)15-7-12(10(2)21-15)13(17)8-14(18)16(19)20/h3-7H,8H2,1-2H3,(H,19,20). The van der Waals surface area contributed by atoms with E-state index in [4.69, 9.17) is 5.11 Å². The zero-order chi connectivity index (χ0) is 15.6. The van der Waals surface area contributed by atoms with Crippen molar-refractivity contribution in [1.82, 2.24) is 0 Å². The summed E-state index contributed by atoms with van der Waals surface area (Å²) in [5, 5.41) is 8.56. The van der Waals surface area contributed by atoms with Crippen LogP contribution in [0.5, 0.6) is 0 Å². The van der Waals surface area contributed by atoms with E-state index in [1.54, 1.807) is 13.0 Å². The summed E-state index contributed by atoms with van der Waals surface area (Å²) < 4.78 is 0. The molecule has 1 heterocycles. The number of carbonyl (C=O) groups is 3. The molecule has 0 unspecified atom stereocenters. The van der Waals surface area contributed by atoms with E-state index in [-0.39, 0.29) is 0 Å². The van der Waals surface area contributed by atoms with Gasteiger partial charge in [-0.3, -0.25) is 9.59 Å². The Labute approximate surface area is 126 Å². The lowest BCUT2D eigenvalue weighted by atomic mass is 10.0. The van der Waals surface area contributed by atoms with Gasteiger partial charge < -0.3 is 5.11 Å². The predicted octanol–water partition coefficient (Wildman–Crippen LogP) is 3.26. The number of aliphatic carboxylic acids is 1. The SMILES string of the molecule is Cc1ccc(-c2cc(C(=O)CC(=O)C(=O)O)c(C)s2)cc1. The quantitative estimate of drug-likeness (QED) is 0.523. The highest BCUT2D eigenvalue weighted by molar-refractivity contribution is 7.15. The molecule has 21 heavy (non-hydrogen) atoms. The molecule has 108 valence electrons. The third kappa shape index (κ3) is 3.44. The van der Waals surface area contributed by atoms with Crippen LogP contribution in [0, 0.1) is 13.8 Å². The van der Waals surface area contributed by atoms with Gasteiger partial charge in [-0.25, -0.2) is 4.79 Å². The van der Waals surface area contributed by atoms with Gasteiger partial charge in [-0.1, -0.05) is 29.8 Å². The van der Waals surface area contributed by atoms with E-state index < -0.39 is 24.0 Å². The number of ketones is 2. The monoisotopic (exact) mass is 302 g/mol. The maximum atomic E-state index is 12.0. The summed E-state index contributed by atoms with van der Waals surface area (Å²) in [6, 6.07) is 9.64. The van der Waals surface area contributed by atoms with E-state index in [1.165, 1.54) is 11.3 Å². The van der Waals surface area contributed by atoms with Crippen LogP contribution in [-0.4, -0.2) is 22.6 Å². The van der Waals surface area contributed by atoms with Crippen molar-refractivity contribution in [3.8, 4) is 10.4 Å². The van der Waals surface area contributed by atoms with Gasteiger partial charge in [0.2, 0.25) is 5.78 Å². The highest BCUT2D eigenvalue weighted by Crippen LogP contribution is 2.31. The van der Waals surface area contributed by atoms with Crippen LogP contribution in [0.4, 0.5) is 0 Å². The van der Waals surface area contributed by atoms with Crippen molar-refractivity contribution in [2.75, 3.05) is 0 Å². The number of benzene rings is 1. The average molecular weight is 302 g/mol. The maximum absolute atomic E-state index is 12.0. The fourth-order valence-corrected chi connectivity index (χ4v) is 2.98. The summed E-state index contributed by atoms with van der Waals surface area (Å²) in [6.45, 7) is 3.79. The predicted molar refractivity (Wildman–Crippen MR) is 80.8 cm³/mol. The Morgan fingerprint density at radius 1 is 1.10 bits per heavy atom. The minimum absolute atomic E-state index is 0.421. The first-order valence-electron chi connectivity index (χ1n) is 6.35. The molecule has 1 aromatic carbocycles. The topological polar surface area (TPSA) is 71.4 Å². The van der Waals surface area contributed by atoms with Gasteiger partial charge in [0, 0.05) is 15.3 Å². The molecule has 0 bridgehead atoms. The summed E-state index contributed by atoms with van der Waals surface area (Å²) in [5.74, 6) is -3.10. The Kier molecular flexibility index (Phi) is 4.33. The third-order valence-electron chi connectivity index (χ3n) is 3.11. The molecule has 0 spiro atoms. The van der Waals surface area contributed by atoms with Gasteiger partial charge in [0.15, 0.2) is 5.78 Å². The summed E-state index contributed by atoms with van der Waals surface area (Å²) in [6.07, 6.45) is -0.597. The Hall–Kier alpha value is -2.27. The first kappa shape index (κ1) is 15.1. The highest BCUT2D eigenvalue weighted by Gasteiger charge is 2.20. The first-order valence-corrected chi connectivity index (χ1v) is 7.17. The third-order valence-corrected chi connectivity index (χ3v) is 4.21. The van der Waals surface area contributed by atoms with E-state index in [9.17, 15) is 14.4 Å². The van der Waals surface area contributed by atoms with Crippen LogP contribution in [0.25, 0.3) is 10.4 Å². The molecule has 0 saturated heterocycles. The van der Waals surface area contributed by atoms with Crippen LogP contribution < -0.4 is 0 Å². The van der Waals surface area contributed by atoms with E-state index >= 15 is 0 Å². The Bertz CT molecular complexity index is 710. The molecule has 2 rings (SSSR count). The number of carbonyl (C=O) groups excluding carboxylic acids is 2. The highest BCUT2D eigenvalue weighted by atomic mass is 32.1. The molecule has 0 fully saturated rings. The molecule has 2 aromatic rings. The number of carboxylic acids is 1. The van der Waals surface area contributed by atoms with Crippen molar-refractivity contribution in [2.45, 2.75) is 20.3 Å². The van der Waals surface area contributed by atoms with Gasteiger partial charge in [-0.15, -0.1) is 11.3 Å². The summed E-state index contributed by atoms with van der Waals surface area (Å²) in [4.78, 5) is 35.4. The second kappa shape index (κ2) is 6.01. The van der Waals surface area contributed by atoms with Crippen molar-refractivity contribution in [3.05, 3.63) is 46.3 Å². The lowest BCUT2D eigenvalue weighted by molar-refractivity contribution is -0.148. The number of hydrogen-bond acceptors (Lipinski definition) is 4. The van der Waals surface area contributed by atoms with E-state index in [2.05, 4.69) is 0 Å². The number of aryl methyl sites for hydroxylation is 2. The number of Topliss-reactive ketones (excluding diaryl/α,β-unsaturated/α-hetero) is 2. The minimum Gasteiger partial charge on any atom is -0.475 e. The van der Waals surface area contributed by atoms with Gasteiger partial charge in [-0.05, 0) is 25.5 Å². The maximum Gasteiger partial charge on any atom is 0.372 e. The molecule has 4 nitrogen and oxygen atoms in total. The molecule has 0 atom stereocenters. The molecule has 0 radical (unpaired) electrons. The van der Waals surface area contributed by atoms with E-state index in [0.29, 0.717) is 5.56 Å². The van der Waals surface area contributed by atoms with E-state index in [0.717, 1.165) is 20.9 Å². The Morgan fingerprint density at radius 3 is 2.29 bits per heavy atom. The summed E-state index contributed by atoms with van der Waals surface area (Å²) in [7, 11) is 0. The fraction of sp³-hybridized carbons (Fsp3) is 0.188. The van der Waals surface area contributed by atoms with Gasteiger partial charge >= 0.3 is 5.97 Å². The summed E-state index contributed by atoms with van der Waals surface area (Å²) >= 11 is 1.46. The Morgan fingerprint density at radius 2 is 1.71 bits per heavy atom. The molecular formula is C16H14O4S. The van der Waals surface area contributed by atoms with E-state index in [1.807, 2.05) is 31.2 Å². The number of thiophene rings is 1. The largest absolute Gasteiger partial charge is 0.475 e. The molecule has 5 heteroatoms. The van der Waals surface area contributed by atoms with Crippen molar-refractivity contribution in [3.63, 3.8) is 0 Å². The normalized spacial score (nSPS) is 10.4. The fourth-order valence-electron chi connectivity index (χ4n) is 1.94. The molecule has 0 saturated carbocycles. The second-order valence-corrected chi connectivity index (χ2v) is 6.03. The van der Waals surface area contributed by atoms with Crippen LogP contribution in [0.1, 0.15) is 27.2 Å². The van der Waals surface area contributed by atoms with Gasteiger partial charge in [0.25, 0.3) is 0 Å². The summed E-state index contributed by atoms with van der Waals surface area (Å²) in [5.41, 5.74) is 2.57. The van der Waals surface area contributed by atoms with Crippen LogP contribution >= 0.6 is 11.3 Å². The minimum atomic E-state index is -1.57. The molecule has 0 aliphatic heterocycles. The molecule has 1 N–H and O–H groups in total. The molecule has 0 aliphatic carbocycles. The number of hydrogen-bond donors (Lipinski definition) is 1. The number of carboxylic acid groups (broad SMARTS) is 1. The van der Waals surface area contributed by atoms with Gasteiger partial charge in [0.05, 0.1) is 6.42 Å². The Balaban J connectivity index is 2.27. The van der Waals surface area contributed by atoms with Crippen LogP contribution in [0.3, 0.4) is 0 Å². The molecule has 0 amide bonds. The first-order chi connectivity index (χ1) is 9.88. The van der Waals surface area contributed by atoms with Crippen molar-refractivity contribution < 1.29 is 19.5 Å². The van der Waals surface area contributed by atoms with Crippen molar-refractivity contribution in [2.24, 2.45) is 0 Å².